The molecule has 0 bridgehead atoms. The van der Waals surface area contributed by atoms with Gasteiger partial charge in [-0.05, 0) is 40.0 Å². The molecule has 1 saturated carbocycles. The van der Waals surface area contributed by atoms with E-state index in [0.717, 1.165) is 32.1 Å². The van der Waals surface area contributed by atoms with Gasteiger partial charge in [-0.2, -0.15) is 5.26 Å². The Morgan fingerprint density at radius 3 is 2.44 bits per heavy atom. The Morgan fingerprint density at radius 2 is 1.94 bits per heavy atom. The molecule has 102 valence electrons. The van der Waals surface area contributed by atoms with E-state index in [0.29, 0.717) is 6.42 Å². The molecular formula is C14H24N2O2. The maximum Gasteiger partial charge on any atom is 0.408 e. The van der Waals surface area contributed by atoms with Gasteiger partial charge in [0.2, 0.25) is 0 Å². The first-order valence-corrected chi connectivity index (χ1v) is 6.75. The SMILES string of the molecule is CC(C)(C)OC(=O)NC1(CCC#N)CCCCC1. The minimum Gasteiger partial charge on any atom is -0.444 e. The number of amides is 1. The third-order valence-electron chi connectivity index (χ3n) is 3.29. The highest BCUT2D eigenvalue weighted by atomic mass is 16.6. The molecular weight excluding hydrogens is 228 g/mol. The molecule has 0 spiro atoms. The van der Waals surface area contributed by atoms with E-state index in [-0.39, 0.29) is 11.6 Å². The second-order valence-corrected chi connectivity index (χ2v) is 6.13. The minimum atomic E-state index is -0.477. The van der Waals surface area contributed by atoms with Gasteiger partial charge < -0.3 is 10.1 Å². The van der Waals surface area contributed by atoms with Crippen LogP contribution in [0.3, 0.4) is 0 Å². The molecule has 1 amide bonds. The predicted molar refractivity (Wildman–Crippen MR) is 70.0 cm³/mol. The van der Waals surface area contributed by atoms with Crippen LogP contribution in [0.1, 0.15) is 65.7 Å². The van der Waals surface area contributed by atoms with Gasteiger partial charge in [-0.15, -0.1) is 0 Å². The predicted octanol–water partition coefficient (Wildman–Crippen LogP) is 3.52. The molecule has 0 saturated heterocycles. The lowest BCUT2D eigenvalue weighted by Crippen LogP contribution is -2.51. The summed E-state index contributed by atoms with van der Waals surface area (Å²) in [5.41, 5.74) is -0.703. The van der Waals surface area contributed by atoms with E-state index in [1.807, 2.05) is 20.8 Å². The van der Waals surface area contributed by atoms with Crippen molar-refractivity contribution in [2.45, 2.75) is 76.9 Å². The van der Waals surface area contributed by atoms with Crippen molar-refractivity contribution in [3.63, 3.8) is 0 Å². The standard InChI is InChI=1S/C14H24N2O2/c1-13(2,3)18-12(17)16-14(10-7-11-15)8-5-4-6-9-14/h4-10H2,1-3H3,(H,16,17). The van der Waals surface area contributed by atoms with Gasteiger partial charge in [-0.1, -0.05) is 19.3 Å². The molecule has 1 fully saturated rings. The molecule has 0 aliphatic heterocycles. The molecule has 1 aliphatic rings. The molecule has 1 aliphatic carbocycles. The molecule has 0 aromatic heterocycles. The van der Waals surface area contributed by atoms with Gasteiger partial charge >= 0.3 is 6.09 Å². The van der Waals surface area contributed by atoms with Crippen LogP contribution in [-0.4, -0.2) is 17.2 Å². The van der Waals surface area contributed by atoms with Gasteiger partial charge in [-0.3, -0.25) is 0 Å². The van der Waals surface area contributed by atoms with Crippen LogP contribution in [0.4, 0.5) is 4.79 Å². The van der Waals surface area contributed by atoms with Gasteiger partial charge in [0.1, 0.15) is 5.60 Å². The van der Waals surface area contributed by atoms with E-state index < -0.39 is 5.60 Å². The largest absolute Gasteiger partial charge is 0.444 e. The number of hydrogen-bond acceptors (Lipinski definition) is 3. The lowest BCUT2D eigenvalue weighted by molar-refractivity contribution is 0.0417. The Kier molecular flexibility index (Phi) is 5.01. The lowest BCUT2D eigenvalue weighted by Gasteiger charge is -2.38. The zero-order valence-corrected chi connectivity index (χ0v) is 11.7. The maximum atomic E-state index is 11.9. The highest BCUT2D eigenvalue weighted by molar-refractivity contribution is 5.68. The van der Waals surface area contributed by atoms with Crippen LogP contribution < -0.4 is 5.32 Å². The van der Waals surface area contributed by atoms with E-state index in [4.69, 9.17) is 10.00 Å². The lowest BCUT2D eigenvalue weighted by atomic mass is 9.78. The molecule has 18 heavy (non-hydrogen) atoms. The fourth-order valence-corrected chi connectivity index (χ4v) is 2.48. The topological polar surface area (TPSA) is 62.1 Å². The van der Waals surface area contributed by atoms with Crippen molar-refractivity contribution < 1.29 is 9.53 Å². The van der Waals surface area contributed by atoms with Crippen molar-refractivity contribution in [2.75, 3.05) is 0 Å². The molecule has 4 nitrogen and oxygen atoms in total. The van der Waals surface area contributed by atoms with E-state index >= 15 is 0 Å². The molecule has 0 unspecified atom stereocenters. The molecule has 0 aromatic carbocycles. The summed E-state index contributed by atoms with van der Waals surface area (Å²) in [5.74, 6) is 0. The second kappa shape index (κ2) is 6.08. The Balaban J connectivity index is 2.61. The number of nitrogens with one attached hydrogen (secondary N) is 1. The number of carbonyl (C=O) groups is 1. The van der Waals surface area contributed by atoms with E-state index in [1.165, 1.54) is 6.42 Å². The number of rotatable bonds is 3. The Hall–Kier alpha value is -1.24. The minimum absolute atomic E-state index is 0.226. The quantitative estimate of drug-likeness (QED) is 0.836. The van der Waals surface area contributed by atoms with Gasteiger partial charge in [0.15, 0.2) is 0 Å². The number of hydrogen-bond donors (Lipinski definition) is 1. The third-order valence-corrected chi connectivity index (χ3v) is 3.29. The van der Waals surface area contributed by atoms with E-state index in [1.54, 1.807) is 0 Å². The Bertz CT molecular complexity index is 320. The molecule has 0 atom stereocenters. The summed E-state index contributed by atoms with van der Waals surface area (Å²) in [6.07, 6.45) is 6.19. The maximum absolute atomic E-state index is 11.9. The first-order valence-electron chi connectivity index (χ1n) is 6.75. The van der Waals surface area contributed by atoms with Crippen molar-refractivity contribution >= 4 is 6.09 Å². The van der Waals surface area contributed by atoms with Crippen LogP contribution in [-0.2, 0) is 4.74 Å². The van der Waals surface area contributed by atoms with Crippen molar-refractivity contribution in [2.24, 2.45) is 0 Å². The molecule has 1 N–H and O–H groups in total. The number of carbonyl (C=O) groups excluding carboxylic acids is 1. The smallest absolute Gasteiger partial charge is 0.408 e. The molecule has 1 rings (SSSR count). The van der Waals surface area contributed by atoms with Crippen molar-refractivity contribution in [3.05, 3.63) is 0 Å². The number of nitriles is 1. The van der Waals surface area contributed by atoms with E-state index in [9.17, 15) is 4.79 Å². The average Bonchev–Trinajstić information content (AvgIpc) is 2.25. The number of alkyl carbamates (subject to hydrolysis) is 1. The average molecular weight is 252 g/mol. The summed E-state index contributed by atoms with van der Waals surface area (Å²) < 4.78 is 5.31. The van der Waals surface area contributed by atoms with Crippen LogP contribution in [0.5, 0.6) is 0 Å². The van der Waals surface area contributed by atoms with Crippen molar-refractivity contribution in [1.29, 1.82) is 5.26 Å². The van der Waals surface area contributed by atoms with Gasteiger partial charge in [0.05, 0.1) is 6.07 Å². The van der Waals surface area contributed by atoms with Crippen molar-refractivity contribution in [1.82, 2.24) is 5.32 Å². The van der Waals surface area contributed by atoms with Gasteiger partial charge in [0, 0.05) is 12.0 Å². The molecule has 4 heteroatoms. The highest BCUT2D eigenvalue weighted by Crippen LogP contribution is 2.32. The third kappa shape index (κ3) is 4.95. The molecule has 0 radical (unpaired) electrons. The zero-order chi connectivity index (χ0) is 13.6. The highest BCUT2D eigenvalue weighted by Gasteiger charge is 2.34. The Morgan fingerprint density at radius 1 is 1.33 bits per heavy atom. The summed E-state index contributed by atoms with van der Waals surface area (Å²) >= 11 is 0. The van der Waals surface area contributed by atoms with Crippen molar-refractivity contribution in [3.8, 4) is 6.07 Å². The summed E-state index contributed by atoms with van der Waals surface area (Å²) in [5, 5.41) is 11.7. The summed E-state index contributed by atoms with van der Waals surface area (Å²) in [4.78, 5) is 11.9. The summed E-state index contributed by atoms with van der Waals surface area (Å²) in [7, 11) is 0. The molecule has 0 aromatic rings. The first kappa shape index (κ1) is 14.8. The first-order chi connectivity index (χ1) is 8.37. The number of nitrogens with zero attached hydrogens (tertiary/aromatic N) is 1. The van der Waals surface area contributed by atoms with Gasteiger partial charge in [0.25, 0.3) is 0 Å². The Labute approximate surface area is 110 Å². The van der Waals surface area contributed by atoms with Crippen LogP contribution in [0.25, 0.3) is 0 Å². The number of ether oxygens (including phenoxy) is 1. The fraction of sp³-hybridized carbons (Fsp3) is 0.857. The zero-order valence-electron chi connectivity index (χ0n) is 11.7. The van der Waals surface area contributed by atoms with Crippen LogP contribution in [0.2, 0.25) is 0 Å². The van der Waals surface area contributed by atoms with Crippen LogP contribution in [0, 0.1) is 11.3 Å². The second-order valence-electron chi connectivity index (χ2n) is 6.13. The fourth-order valence-electron chi connectivity index (χ4n) is 2.48. The summed E-state index contributed by atoms with van der Waals surface area (Å²) in [6.45, 7) is 5.57. The van der Waals surface area contributed by atoms with Gasteiger partial charge in [-0.25, -0.2) is 4.79 Å². The monoisotopic (exact) mass is 252 g/mol. The van der Waals surface area contributed by atoms with E-state index in [2.05, 4.69) is 11.4 Å². The van der Waals surface area contributed by atoms with Crippen LogP contribution >= 0.6 is 0 Å². The van der Waals surface area contributed by atoms with Crippen LogP contribution in [0.15, 0.2) is 0 Å². The normalized spacial score (nSPS) is 18.8. The molecule has 0 heterocycles. The summed E-state index contributed by atoms with van der Waals surface area (Å²) in [6, 6.07) is 2.17.